The molecule has 7 nitrogen and oxygen atoms in total. The Balaban J connectivity index is 1.46. The first kappa shape index (κ1) is 25.2. The van der Waals surface area contributed by atoms with E-state index in [0.717, 1.165) is 24.0 Å². The zero-order valence-corrected chi connectivity index (χ0v) is 22.1. The van der Waals surface area contributed by atoms with E-state index in [0.29, 0.717) is 40.8 Å². The number of thiophene rings is 1. The number of hydrogen-bond acceptors (Lipinski definition) is 7. The van der Waals surface area contributed by atoms with E-state index in [1.807, 2.05) is 66.0 Å². The minimum absolute atomic E-state index is 0.0795. The van der Waals surface area contributed by atoms with Crippen molar-refractivity contribution in [2.45, 2.75) is 24.9 Å². The van der Waals surface area contributed by atoms with Crippen molar-refractivity contribution in [2.24, 2.45) is 5.92 Å². The highest BCUT2D eigenvalue weighted by atomic mass is 32.2. The third kappa shape index (κ3) is 5.33. The van der Waals surface area contributed by atoms with E-state index < -0.39 is 0 Å². The molecular weight excluding hydrogens is 506 g/mol. The molecule has 0 aliphatic carbocycles. The van der Waals surface area contributed by atoms with Gasteiger partial charge in [-0.3, -0.25) is 19.0 Å². The van der Waals surface area contributed by atoms with Crippen LogP contribution in [0.5, 0.6) is 0 Å². The summed E-state index contributed by atoms with van der Waals surface area (Å²) < 4.78 is 6.76. The van der Waals surface area contributed by atoms with Crippen molar-refractivity contribution < 1.29 is 14.3 Å². The lowest BCUT2D eigenvalue weighted by molar-refractivity contribution is -0.151. The Morgan fingerprint density at radius 3 is 2.57 bits per heavy atom. The molecule has 37 heavy (non-hydrogen) atoms. The van der Waals surface area contributed by atoms with Crippen molar-refractivity contribution in [1.82, 2.24) is 14.5 Å². The molecule has 1 aliphatic rings. The van der Waals surface area contributed by atoms with Crippen molar-refractivity contribution >= 4 is 45.2 Å². The van der Waals surface area contributed by atoms with Gasteiger partial charge in [-0.1, -0.05) is 60.3 Å². The van der Waals surface area contributed by atoms with Gasteiger partial charge in [0, 0.05) is 24.0 Å². The van der Waals surface area contributed by atoms with Crippen LogP contribution >= 0.6 is 23.1 Å². The van der Waals surface area contributed by atoms with Gasteiger partial charge in [0.05, 0.1) is 29.4 Å². The SMILES string of the molecule is CCOC(=O)[C@@H]1CCCN(C(=O)CSc2nc3scc(-c4ccccc4)c3c(=O)n2-c2ccccc2)C1. The second-order valence-corrected chi connectivity index (χ2v) is 10.6. The Bertz CT molecular complexity index is 1470. The molecule has 1 saturated heterocycles. The molecule has 1 amide bonds. The fraction of sp³-hybridized carbons (Fsp3) is 0.286. The number of likely N-dealkylation sites (tertiary alicyclic amines) is 1. The molecule has 0 saturated carbocycles. The maximum absolute atomic E-state index is 13.9. The van der Waals surface area contributed by atoms with Crippen LogP contribution in [0, 0.1) is 5.92 Å². The normalized spacial score (nSPS) is 15.6. The van der Waals surface area contributed by atoms with Crippen LogP contribution in [-0.2, 0) is 14.3 Å². The van der Waals surface area contributed by atoms with Crippen molar-refractivity contribution in [3.05, 3.63) is 76.4 Å². The van der Waals surface area contributed by atoms with Gasteiger partial charge in [0.15, 0.2) is 5.16 Å². The van der Waals surface area contributed by atoms with Crippen molar-refractivity contribution in [2.75, 3.05) is 25.4 Å². The van der Waals surface area contributed by atoms with E-state index in [1.54, 1.807) is 16.4 Å². The fourth-order valence-corrected chi connectivity index (χ4v) is 6.48. The summed E-state index contributed by atoms with van der Waals surface area (Å²) in [7, 11) is 0. The fourth-order valence-electron chi connectivity index (χ4n) is 4.58. The average molecular weight is 534 g/mol. The average Bonchev–Trinajstić information content (AvgIpc) is 3.37. The van der Waals surface area contributed by atoms with Crippen LogP contribution in [0.1, 0.15) is 19.8 Å². The number of hydrogen-bond donors (Lipinski definition) is 0. The summed E-state index contributed by atoms with van der Waals surface area (Å²) in [5, 5.41) is 3.01. The topological polar surface area (TPSA) is 81.5 Å². The number of carbonyl (C=O) groups is 2. The van der Waals surface area contributed by atoms with Gasteiger partial charge in [-0.05, 0) is 37.5 Å². The third-order valence-electron chi connectivity index (χ3n) is 6.39. The number of fused-ring (bicyclic) bond motifs is 1. The van der Waals surface area contributed by atoms with Crippen LogP contribution in [0.25, 0.3) is 27.0 Å². The molecule has 1 atom stereocenters. The number of ether oxygens (including phenoxy) is 1. The smallest absolute Gasteiger partial charge is 0.310 e. The maximum atomic E-state index is 13.9. The van der Waals surface area contributed by atoms with Crippen molar-refractivity contribution in [3.63, 3.8) is 0 Å². The van der Waals surface area contributed by atoms with E-state index >= 15 is 0 Å². The van der Waals surface area contributed by atoms with Gasteiger partial charge in [0.2, 0.25) is 5.91 Å². The predicted octanol–water partition coefficient (Wildman–Crippen LogP) is 5.01. The van der Waals surface area contributed by atoms with Crippen LogP contribution in [0.15, 0.2) is 76.0 Å². The summed E-state index contributed by atoms with van der Waals surface area (Å²) in [4.78, 5) is 46.4. The number of amides is 1. The molecule has 0 spiro atoms. The highest BCUT2D eigenvalue weighted by Crippen LogP contribution is 2.33. The number of carbonyl (C=O) groups excluding carboxylic acids is 2. The van der Waals surface area contributed by atoms with Gasteiger partial charge in [0.1, 0.15) is 4.83 Å². The minimum Gasteiger partial charge on any atom is -0.466 e. The maximum Gasteiger partial charge on any atom is 0.310 e. The summed E-state index contributed by atoms with van der Waals surface area (Å²) in [6, 6.07) is 19.2. The van der Waals surface area contributed by atoms with Crippen LogP contribution in [0.2, 0.25) is 0 Å². The number of aromatic nitrogens is 2. The number of nitrogens with zero attached hydrogens (tertiary/aromatic N) is 3. The first-order valence-electron chi connectivity index (χ1n) is 12.3. The van der Waals surface area contributed by atoms with Crippen LogP contribution in [0.4, 0.5) is 0 Å². The second kappa shape index (κ2) is 11.3. The Kier molecular flexibility index (Phi) is 7.71. The Morgan fingerprint density at radius 1 is 1.11 bits per heavy atom. The van der Waals surface area contributed by atoms with E-state index in [-0.39, 0.29) is 29.1 Å². The number of rotatable bonds is 7. The van der Waals surface area contributed by atoms with Gasteiger partial charge in [-0.2, -0.15) is 0 Å². The quantitative estimate of drug-likeness (QED) is 0.189. The number of piperidine rings is 1. The lowest BCUT2D eigenvalue weighted by Gasteiger charge is -2.31. The van der Waals surface area contributed by atoms with E-state index in [4.69, 9.17) is 9.72 Å². The Hall–Kier alpha value is -3.43. The number of para-hydroxylation sites is 1. The molecule has 3 heterocycles. The first-order chi connectivity index (χ1) is 18.1. The molecule has 190 valence electrons. The van der Waals surface area contributed by atoms with Crippen LogP contribution in [0.3, 0.4) is 0 Å². The summed E-state index contributed by atoms with van der Waals surface area (Å²) in [5.41, 5.74) is 2.35. The highest BCUT2D eigenvalue weighted by molar-refractivity contribution is 7.99. The van der Waals surface area contributed by atoms with Crippen molar-refractivity contribution in [1.29, 1.82) is 0 Å². The number of thioether (sulfide) groups is 1. The summed E-state index contributed by atoms with van der Waals surface area (Å²) in [5.74, 6) is -0.493. The molecule has 0 unspecified atom stereocenters. The van der Waals surface area contributed by atoms with Gasteiger partial charge in [0.25, 0.3) is 5.56 Å². The molecule has 2 aromatic carbocycles. The lowest BCUT2D eigenvalue weighted by Crippen LogP contribution is -2.43. The summed E-state index contributed by atoms with van der Waals surface area (Å²) >= 11 is 2.68. The Labute approximate surface area is 223 Å². The van der Waals surface area contributed by atoms with E-state index in [1.165, 1.54) is 23.1 Å². The Morgan fingerprint density at radius 2 is 1.84 bits per heavy atom. The van der Waals surface area contributed by atoms with Gasteiger partial charge in [-0.25, -0.2) is 4.98 Å². The molecule has 5 rings (SSSR count). The zero-order valence-electron chi connectivity index (χ0n) is 20.5. The van der Waals surface area contributed by atoms with Gasteiger partial charge < -0.3 is 9.64 Å². The first-order valence-corrected chi connectivity index (χ1v) is 14.2. The number of benzene rings is 2. The molecular formula is C28H27N3O4S2. The van der Waals surface area contributed by atoms with E-state index in [9.17, 15) is 14.4 Å². The van der Waals surface area contributed by atoms with Crippen molar-refractivity contribution in [3.8, 4) is 16.8 Å². The molecule has 2 aromatic heterocycles. The molecule has 1 aliphatic heterocycles. The highest BCUT2D eigenvalue weighted by Gasteiger charge is 2.29. The molecule has 9 heteroatoms. The molecule has 0 radical (unpaired) electrons. The third-order valence-corrected chi connectivity index (χ3v) is 8.19. The summed E-state index contributed by atoms with van der Waals surface area (Å²) in [6.07, 6.45) is 1.49. The standard InChI is InChI=1S/C28H27N3O4S2/c1-2-35-27(34)20-12-9-15-30(16-20)23(32)18-37-28-29-25-24(22(17-36-25)19-10-5-3-6-11-19)26(33)31(28)21-13-7-4-8-14-21/h3-8,10-11,13-14,17,20H,2,9,12,15-16,18H2,1H3/t20-/m1/s1. The zero-order chi connectivity index (χ0) is 25.8. The minimum atomic E-state index is -0.290. The molecule has 1 fully saturated rings. The largest absolute Gasteiger partial charge is 0.466 e. The lowest BCUT2D eigenvalue weighted by atomic mass is 9.98. The van der Waals surface area contributed by atoms with Gasteiger partial charge in [-0.15, -0.1) is 11.3 Å². The monoisotopic (exact) mass is 533 g/mol. The molecule has 0 bridgehead atoms. The second-order valence-electron chi connectivity index (χ2n) is 8.79. The van der Waals surface area contributed by atoms with Gasteiger partial charge >= 0.3 is 5.97 Å². The predicted molar refractivity (Wildman–Crippen MR) is 147 cm³/mol. The van der Waals surface area contributed by atoms with Crippen LogP contribution < -0.4 is 5.56 Å². The molecule has 4 aromatic rings. The molecule has 0 N–H and O–H groups in total. The van der Waals surface area contributed by atoms with Crippen LogP contribution in [-0.4, -0.2) is 51.8 Å². The summed E-state index contributed by atoms with van der Waals surface area (Å²) in [6.45, 7) is 3.09. The number of esters is 1. The van der Waals surface area contributed by atoms with E-state index in [2.05, 4.69) is 0 Å².